The summed E-state index contributed by atoms with van der Waals surface area (Å²) in [6, 6.07) is 184. The van der Waals surface area contributed by atoms with E-state index in [2.05, 4.69) is 533 Å². The van der Waals surface area contributed by atoms with Crippen LogP contribution in [0.2, 0.25) is 0 Å². The molecule has 0 aliphatic heterocycles. The topological polar surface area (TPSA) is 65.5 Å². The van der Waals surface area contributed by atoms with E-state index in [-0.39, 0.29) is 10.8 Å². The molecule has 8 nitrogen and oxygen atoms in total. The standard InChI is InChI=1S/C74H54N2O.C68H42N2O3/c1-73(2)64-31-17-13-28-56(64)58-39-35-50(44-66(58)73)75(68-33-19-15-25-53(68)47-21-7-5-8-22-47)49-37-41-61-63(43-49)55-27-11-12-30-60(55)71-62-42-38-52(46-70(62)77-72(61)71)76(69-34-20-16-26-54(69)48-23-9-6-10-24-48)51-36-40-59-57-29-14-18-32-65(57)74(3,4)67(59)45-51;1-3-19-43(20-4-1)47-23-9-13-31-58(47)69(60-33-17-29-53-50-26-11-15-35-62(50)71-66(53)60)45-37-39-55-57(41-45)49-25-7-8-28-52(49)65-56-40-38-46(42-64(56)73-68(55)65)70(59-32-14-10-24-48(59)44-21-5-2-6-22-44)61-34-18-30-54-51-27-12-16-36-63(51)72-67(54)61/h5-46H,1-4H3;1-42H. The van der Waals surface area contributed by atoms with Crippen LogP contribution in [0.15, 0.2) is 527 Å². The van der Waals surface area contributed by atoms with Crippen molar-refractivity contribution in [2.75, 3.05) is 19.6 Å². The number of anilines is 12. The molecule has 8 heteroatoms. The van der Waals surface area contributed by atoms with Crippen LogP contribution in [-0.2, 0) is 10.8 Å². The molecule has 0 bridgehead atoms. The Hall–Kier alpha value is -19.3. The summed E-state index contributed by atoms with van der Waals surface area (Å²) in [6.07, 6.45) is 0. The second kappa shape index (κ2) is 34.7. The zero-order valence-corrected chi connectivity index (χ0v) is 82.9. The number of hydrogen-bond donors (Lipinski definition) is 0. The number of para-hydroxylation sites is 8. The van der Waals surface area contributed by atoms with E-state index in [4.69, 9.17) is 17.7 Å². The first-order valence-corrected chi connectivity index (χ1v) is 51.6. The molecule has 0 saturated carbocycles. The summed E-state index contributed by atoms with van der Waals surface area (Å²) in [5, 5.41) is 17.6. The number of hydrogen-bond acceptors (Lipinski definition) is 8. The molecule has 0 spiro atoms. The molecule has 0 saturated heterocycles. The van der Waals surface area contributed by atoms with Gasteiger partial charge in [0.05, 0.1) is 39.8 Å². The summed E-state index contributed by atoms with van der Waals surface area (Å²) in [6.45, 7) is 9.44. The van der Waals surface area contributed by atoms with Crippen LogP contribution in [0, 0.1) is 0 Å². The molecule has 0 unspecified atom stereocenters. The highest BCUT2D eigenvalue weighted by Gasteiger charge is 2.39. The van der Waals surface area contributed by atoms with Gasteiger partial charge in [-0.15, -0.1) is 0 Å². The summed E-state index contributed by atoms with van der Waals surface area (Å²) >= 11 is 0. The second-order valence-electron chi connectivity index (χ2n) is 40.7. The minimum absolute atomic E-state index is 0.161. The van der Waals surface area contributed by atoms with Gasteiger partial charge in [0.2, 0.25) is 0 Å². The molecule has 0 atom stereocenters. The van der Waals surface area contributed by atoms with Crippen LogP contribution in [0.1, 0.15) is 49.9 Å². The number of benzene rings is 24. The lowest BCUT2D eigenvalue weighted by Crippen LogP contribution is -2.16. The fourth-order valence-electron chi connectivity index (χ4n) is 24.7. The quantitative estimate of drug-likeness (QED) is 0.0887. The molecule has 0 N–H and O–H groups in total. The Balaban J connectivity index is 0.000000141. The molecule has 708 valence electrons. The van der Waals surface area contributed by atoms with Crippen molar-refractivity contribution in [1.82, 2.24) is 0 Å². The number of furan rings is 4. The van der Waals surface area contributed by atoms with Gasteiger partial charge in [-0.05, 0) is 233 Å². The van der Waals surface area contributed by atoms with E-state index in [1.165, 1.54) is 66.4 Å². The van der Waals surface area contributed by atoms with Crippen molar-refractivity contribution >= 4 is 199 Å². The number of nitrogens with zero attached hydrogens (tertiary/aromatic N) is 4. The zero-order chi connectivity index (χ0) is 99.6. The molecule has 4 aromatic heterocycles. The van der Waals surface area contributed by atoms with Gasteiger partial charge in [-0.2, -0.15) is 0 Å². The van der Waals surface area contributed by atoms with Crippen LogP contribution in [0.5, 0.6) is 0 Å². The average molecular weight is 1920 g/mol. The van der Waals surface area contributed by atoms with Gasteiger partial charge in [-0.1, -0.05) is 392 Å². The van der Waals surface area contributed by atoms with E-state index in [1.807, 2.05) is 24.3 Å². The molecule has 2 aliphatic carbocycles. The van der Waals surface area contributed by atoms with E-state index >= 15 is 0 Å². The Labute approximate surface area is 867 Å². The molecule has 2 aliphatic rings. The van der Waals surface area contributed by atoms with E-state index in [0.717, 1.165) is 222 Å². The normalized spacial score (nSPS) is 12.8. The highest BCUT2D eigenvalue weighted by Crippen LogP contribution is 2.58. The third kappa shape index (κ3) is 13.9. The number of fused-ring (bicyclic) bond motifs is 28. The van der Waals surface area contributed by atoms with Gasteiger partial charge in [0.25, 0.3) is 0 Å². The van der Waals surface area contributed by atoms with Crippen LogP contribution in [0.25, 0.3) is 198 Å². The van der Waals surface area contributed by atoms with Crippen molar-refractivity contribution in [3.05, 3.63) is 532 Å². The Kier molecular flexibility index (Phi) is 20.2. The molecule has 24 aromatic carbocycles. The van der Waals surface area contributed by atoms with E-state index in [9.17, 15) is 0 Å². The van der Waals surface area contributed by atoms with E-state index in [0.29, 0.717) is 0 Å². The second-order valence-corrected chi connectivity index (χ2v) is 40.7. The van der Waals surface area contributed by atoms with Crippen molar-refractivity contribution in [2.45, 2.75) is 38.5 Å². The van der Waals surface area contributed by atoms with E-state index in [1.54, 1.807) is 0 Å². The molecule has 0 fully saturated rings. The molecule has 4 heterocycles. The van der Waals surface area contributed by atoms with Crippen molar-refractivity contribution in [1.29, 1.82) is 0 Å². The first-order valence-electron chi connectivity index (χ1n) is 51.6. The van der Waals surface area contributed by atoms with Gasteiger partial charge < -0.3 is 37.3 Å². The fourth-order valence-corrected chi connectivity index (χ4v) is 24.7. The Morgan fingerprint density at radius 2 is 0.400 bits per heavy atom. The van der Waals surface area contributed by atoms with Gasteiger partial charge in [-0.3, -0.25) is 0 Å². The smallest absolute Gasteiger partial charge is 0.159 e. The largest absolute Gasteiger partial charge is 0.455 e. The predicted octanol–water partition coefficient (Wildman–Crippen LogP) is 40.7. The summed E-state index contributed by atoms with van der Waals surface area (Å²) in [4.78, 5) is 9.58. The maximum Gasteiger partial charge on any atom is 0.159 e. The lowest BCUT2D eigenvalue weighted by atomic mass is 9.82. The van der Waals surface area contributed by atoms with Crippen LogP contribution in [-0.4, -0.2) is 0 Å². The molecular weight excluding hydrogens is 1830 g/mol. The van der Waals surface area contributed by atoms with Gasteiger partial charge >= 0.3 is 0 Å². The summed E-state index contributed by atoms with van der Waals surface area (Å²) in [7, 11) is 0. The summed E-state index contributed by atoms with van der Waals surface area (Å²) < 4.78 is 28.1. The molecule has 0 amide bonds. The lowest BCUT2D eigenvalue weighted by molar-refractivity contribution is 0.660. The maximum atomic E-state index is 7.31. The van der Waals surface area contributed by atoms with Crippen LogP contribution in [0.4, 0.5) is 68.2 Å². The van der Waals surface area contributed by atoms with Crippen LogP contribution < -0.4 is 19.6 Å². The van der Waals surface area contributed by atoms with Crippen LogP contribution >= 0.6 is 0 Å². The van der Waals surface area contributed by atoms with Crippen molar-refractivity contribution in [2.24, 2.45) is 0 Å². The summed E-state index contributed by atoms with van der Waals surface area (Å²) in [5.41, 5.74) is 38.6. The third-order valence-corrected chi connectivity index (χ3v) is 31.7. The fraction of sp³-hybridized carbons (Fsp3) is 0.0423. The average Bonchev–Trinajstić information content (AvgIpc) is 1.55. The van der Waals surface area contributed by atoms with Gasteiger partial charge in [0, 0.05) is 128 Å². The number of rotatable bonds is 16. The maximum absolute atomic E-state index is 7.31. The van der Waals surface area contributed by atoms with Crippen LogP contribution in [0.3, 0.4) is 0 Å². The highest BCUT2D eigenvalue weighted by molar-refractivity contribution is 6.33. The van der Waals surface area contributed by atoms with Crippen molar-refractivity contribution in [3.63, 3.8) is 0 Å². The van der Waals surface area contributed by atoms with E-state index < -0.39 is 0 Å². The molecule has 150 heavy (non-hydrogen) atoms. The van der Waals surface area contributed by atoms with Gasteiger partial charge in [0.15, 0.2) is 11.2 Å². The third-order valence-electron chi connectivity index (χ3n) is 31.7. The summed E-state index contributed by atoms with van der Waals surface area (Å²) in [5.74, 6) is 0. The zero-order valence-electron chi connectivity index (χ0n) is 82.9. The molecule has 0 radical (unpaired) electrons. The molecule has 30 rings (SSSR count). The monoisotopic (exact) mass is 1920 g/mol. The minimum atomic E-state index is -0.163. The molecular formula is C142H96N4O4. The van der Waals surface area contributed by atoms with Crippen molar-refractivity contribution in [3.8, 4) is 66.8 Å². The first-order chi connectivity index (χ1) is 73.9. The Bertz CT molecular complexity index is 10300. The Morgan fingerprint density at radius 3 is 0.787 bits per heavy atom. The highest BCUT2D eigenvalue weighted by atomic mass is 16.3. The minimum Gasteiger partial charge on any atom is -0.455 e. The first kappa shape index (κ1) is 87.3. The Morgan fingerprint density at radius 1 is 0.147 bits per heavy atom. The van der Waals surface area contributed by atoms with Crippen molar-refractivity contribution < 1.29 is 17.7 Å². The SMILES string of the molecule is CC1(C)c2ccccc2-c2ccc(N(c3ccc4c(c3)oc3c5ccc(N(c6ccc7c(c6)C(C)(C)c6ccccc6-7)c6ccccc6-c6ccccc6)cc5c5ccccc5c43)c3ccccc3-c3ccccc3)cc21.c1ccc(-c2ccccc2N(c2ccc3c(c2)oc2c4ccc(N(c5ccccc5-c5ccccc5)c5cccc6c5oc5ccccc56)cc4c4ccccc4c32)c2cccc3c2oc2ccccc23)cc1. The molecule has 28 aromatic rings. The van der Waals surface area contributed by atoms with Gasteiger partial charge in [-0.25, -0.2) is 0 Å². The predicted molar refractivity (Wildman–Crippen MR) is 628 cm³/mol. The lowest BCUT2D eigenvalue weighted by Gasteiger charge is -2.30. The van der Waals surface area contributed by atoms with Gasteiger partial charge in [0.1, 0.15) is 33.5 Å².